The van der Waals surface area contributed by atoms with E-state index < -0.39 is 12.1 Å². The van der Waals surface area contributed by atoms with Gasteiger partial charge in [-0.1, -0.05) is 24.3 Å². The minimum Gasteiger partial charge on any atom is -0.478 e. The van der Waals surface area contributed by atoms with Gasteiger partial charge in [0.2, 0.25) is 0 Å². The Morgan fingerprint density at radius 3 is 2.75 bits per heavy atom. The number of nitrogens with zero attached hydrogens (tertiary/aromatic N) is 1. The predicted molar refractivity (Wildman–Crippen MR) is 71.5 cm³/mol. The van der Waals surface area contributed by atoms with Gasteiger partial charge in [0.1, 0.15) is 5.56 Å². The number of aliphatic hydroxyl groups is 1. The van der Waals surface area contributed by atoms with E-state index in [1.807, 2.05) is 30.3 Å². The third-order valence-electron chi connectivity index (χ3n) is 3.07. The summed E-state index contributed by atoms with van der Waals surface area (Å²) >= 11 is 0. The Morgan fingerprint density at radius 2 is 1.95 bits per heavy atom. The number of aromatic nitrogens is 1. The van der Waals surface area contributed by atoms with E-state index >= 15 is 0 Å². The first-order valence-corrected chi connectivity index (χ1v) is 6.01. The summed E-state index contributed by atoms with van der Waals surface area (Å²) in [6, 6.07) is 12.3. The fourth-order valence-corrected chi connectivity index (χ4v) is 2.08. The van der Waals surface area contributed by atoms with E-state index in [1.165, 1.54) is 12.3 Å². The molecule has 1 atom stereocenters. The van der Waals surface area contributed by atoms with Crippen LogP contribution in [-0.2, 0) is 0 Å². The van der Waals surface area contributed by atoms with Gasteiger partial charge in [-0.2, -0.15) is 0 Å². The molecule has 1 aromatic carbocycles. The van der Waals surface area contributed by atoms with Crippen LogP contribution in [0, 0.1) is 0 Å². The summed E-state index contributed by atoms with van der Waals surface area (Å²) in [5, 5.41) is 20.2. The zero-order chi connectivity index (χ0) is 14.1. The number of para-hydroxylation sites is 1. The molecule has 5 heteroatoms. The van der Waals surface area contributed by atoms with E-state index in [9.17, 15) is 9.90 Å². The first-order chi connectivity index (χ1) is 9.66. The van der Waals surface area contributed by atoms with Crippen molar-refractivity contribution in [3.63, 3.8) is 0 Å². The van der Waals surface area contributed by atoms with Crippen LogP contribution in [0.15, 0.2) is 53.1 Å². The Hall–Kier alpha value is -2.66. The van der Waals surface area contributed by atoms with Crippen LogP contribution in [0.3, 0.4) is 0 Å². The monoisotopic (exact) mass is 269 g/mol. The molecule has 2 heterocycles. The maximum atomic E-state index is 11.0. The fraction of sp³-hybridized carbons (Fsp3) is 0.0667. The molecule has 0 aliphatic carbocycles. The van der Waals surface area contributed by atoms with Crippen molar-refractivity contribution in [1.29, 1.82) is 0 Å². The van der Waals surface area contributed by atoms with Crippen molar-refractivity contribution in [3.8, 4) is 0 Å². The van der Waals surface area contributed by atoms with Crippen LogP contribution in [0.1, 0.15) is 27.9 Å². The SMILES string of the molecule is O=C(O)c1ccoc1C(O)c1ccc2ccccc2n1. The molecule has 20 heavy (non-hydrogen) atoms. The zero-order valence-electron chi connectivity index (χ0n) is 10.4. The molecule has 2 N–H and O–H groups in total. The number of carboxylic acid groups (broad SMARTS) is 1. The molecule has 0 amide bonds. The standard InChI is InChI=1S/C15H11NO4/c17-13(14-10(15(18)19)7-8-20-14)12-6-5-9-3-1-2-4-11(9)16-12/h1-8,13,17H,(H,18,19). The predicted octanol–water partition coefficient (Wildman–Crippen LogP) is 2.61. The second-order valence-corrected chi connectivity index (χ2v) is 4.34. The molecule has 0 aliphatic heterocycles. The normalized spacial score (nSPS) is 12.4. The van der Waals surface area contributed by atoms with Crippen LogP contribution in [0.25, 0.3) is 10.9 Å². The molecule has 2 aromatic heterocycles. The maximum Gasteiger partial charge on any atom is 0.339 e. The summed E-state index contributed by atoms with van der Waals surface area (Å²) in [4.78, 5) is 15.4. The summed E-state index contributed by atoms with van der Waals surface area (Å²) in [5.74, 6) is -1.16. The number of carboxylic acids is 1. The van der Waals surface area contributed by atoms with Gasteiger partial charge in [0, 0.05) is 5.39 Å². The quantitative estimate of drug-likeness (QED) is 0.763. The Balaban J connectivity index is 2.05. The van der Waals surface area contributed by atoms with Crippen molar-refractivity contribution < 1.29 is 19.4 Å². The van der Waals surface area contributed by atoms with Gasteiger partial charge in [-0.15, -0.1) is 0 Å². The van der Waals surface area contributed by atoms with Crippen molar-refractivity contribution in [3.05, 3.63) is 65.7 Å². The number of rotatable bonds is 3. The molecule has 0 spiro atoms. The van der Waals surface area contributed by atoms with Crippen LogP contribution < -0.4 is 0 Å². The van der Waals surface area contributed by atoms with Crippen LogP contribution in [-0.4, -0.2) is 21.2 Å². The largest absolute Gasteiger partial charge is 0.478 e. The number of carbonyl (C=O) groups is 1. The molecule has 5 nitrogen and oxygen atoms in total. The van der Waals surface area contributed by atoms with E-state index in [2.05, 4.69) is 4.98 Å². The number of aromatic carboxylic acids is 1. The van der Waals surface area contributed by atoms with Crippen molar-refractivity contribution in [2.45, 2.75) is 6.10 Å². The molecular weight excluding hydrogens is 258 g/mol. The lowest BCUT2D eigenvalue weighted by atomic mass is 10.1. The summed E-state index contributed by atoms with van der Waals surface area (Å²) < 4.78 is 5.08. The number of fused-ring (bicyclic) bond motifs is 1. The molecule has 0 saturated carbocycles. The molecule has 0 fully saturated rings. The lowest BCUT2D eigenvalue weighted by Gasteiger charge is -2.09. The van der Waals surface area contributed by atoms with Gasteiger partial charge in [-0.05, 0) is 18.2 Å². The van der Waals surface area contributed by atoms with Gasteiger partial charge in [0.05, 0.1) is 17.5 Å². The summed E-state index contributed by atoms with van der Waals surface area (Å²) in [5.41, 5.74) is 1.01. The van der Waals surface area contributed by atoms with E-state index in [0.717, 1.165) is 10.9 Å². The van der Waals surface area contributed by atoms with Crippen LogP contribution in [0.5, 0.6) is 0 Å². The number of pyridine rings is 1. The van der Waals surface area contributed by atoms with E-state index in [4.69, 9.17) is 9.52 Å². The van der Waals surface area contributed by atoms with E-state index in [-0.39, 0.29) is 11.3 Å². The Bertz CT molecular complexity index is 778. The average molecular weight is 269 g/mol. The maximum absolute atomic E-state index is 11.0. The highest BCUT2D eigenvalue weighted by Crippen LogP contribution is 2.26. The van der Waals surface area contributed by atoms with Crippen molar-refractivity contribution in [1.82, 2.24) is 4.98 Å². The highest BCUT2D eigenvalue weighted by Gasteiger charge is 2.23. The zero-order valence-corrected chi connectivity index (χ0v) is 10.4. The number of aliphatic hydroxyl groups excluding tert-OH is 1. The topological polar surface area (TPSA) is 83.6 Å². The lowest BCUT2D eigenvalue weighted by molar-refractivity contribution is 0.0687. The van der Waals surface area contributed by atoms with Crippen molar-refractivity contribution in [2.24, 2.45) is 0 Å². The van der Waals surface area contributed by atoms with Gasteiger partial charge >= 0.3 is 5.97 Å². The number of hydrogen-bond donors (Lipinski definition) is 2. The third kappa shape index (κ3) is 2.04. The number of hydrogen-bond acceptors (Lipinski definition) is 4. The highest BCUT2D eigenvalue weighted by atomic mass is 16.4. The molecule has 100 valence electrons. The Morgan fingerprint density at radius 1 is 1.15 bits per heavy atom. The van der Waals surface area contributed by atoms with Crippen LogP contribution >= 0.6 is 0 Å². The van der Waals surface area contributed by atoms with Gasteiger partial charge < -0.3 is 14.6 Å². The summed E-state index contributed by atoms with van der Waals surface area (Å²) in [6.45, 7) is 0. The molecule has 3 rings (SSSR count). The van der Waals surface area contributed by atoms with E-state index in [1.54, 1.807) is 6.07 Å². The first kappa shape index (κ1) is 12.4. The highest BCUT2D eigenvalue weighted by molar-refractivity contribution is 5.89. The average Bonchev–Trinajstić information content (AvgIpc) is 2.95. The molecule has 1 unspecified atom stereocenters. The smallest absolute Gasteiger partial charge is 0.339 e. The van der Waals surface area contributed by atoms with Crippen molar-refractivity contribution in [2.75, 3.05) is 0 Å². The fourth-order valence-electron chi connectivity index (χ4n) is 2.08. The molecular formula is C15H11NO4. The van der Waals surface area contributed by atoms with Gasteiger partial charge in [-0.25, -0.2) is 9.78 Å². The lowest BCUT2D eigenvalue weighted by Crippen LogP contribution is -2.07. The van der Waals surface area contributed by atoms with Gasteiger partial charge in [0.15, 0.2) is 11.9 Å². The number of benzene rings is 1. The molecule has 0 saturated heterocycles. The van der Waals surface area contributed by atoms with Gasteiger partial charge in [-0.3, -0.25) is 0 Å². The first-order valence-electron chi connectivity index (χ1n) is 6.01. The third-order valence-corrected chi connectivity index (χ3v) is 3.07. The Labute approximate surface area is 114 Å². The van der Waals surface area contributed by atoms with Crippen molar-refractivity contribution >= 4 is 16.9 Å². The second kappa shape index (κ2) is 4.79. The molecule has 0 bridgehead atoms. The summed E-state index contributed by atoms with van der Waals surface area (Å²) in [7, 11) is 0. The second-order valence-electron chi connectivity index (χ2n) is 4.34. The minimum atomic E-state index is -1.21. The molecule has 0 radical (unpaired) electrons. The van der Waals surface area contributed by atoms with Crippen LogP contribution in [0.4, 0.5) is 0 Å². The minimum absolute atomic E-state index is 0.0136. The molecule has 0 aliphatic rings. The molecule has 3 aromatic rings. The Kier molecular flexibility index (Phi) is 2.96. The van der Waals surface area contributed by atoms with Gasteiger partial charge in [0.25, 0.3) is 0 Å². The van der Waals surface area contributed by atoms with E-state index in [0.29, 0.717) is 5.69 Å². The number of furan rings is 1. The van der Waals surface area contributed by atoms with Crippen LogP contribution in [0.2, 0.25) is 0 Å². The summed E-state index contributed by atoms with van der Waals surface area (Å²) in [6.07, 6.45) is 0.0315.